The van der Waals surface area contributed by atoms with Crippen molar-refractivity contribution in [2.24, 2.45) is 5.29 Å². The van der Waals surface area contributed by atoms with Gasteiger partial charge >= 0.3 is 0 Å². The van der Waals surface area contributed by atoms with Gasteiger partial charge in [0.2, 0.25) is 5.82 Å². The van der Waals surface area contributed by atoms with Crippen molar-refractivity contribution in [3.63, 3.8) is 0 Å². The first-order valence-corrected chi connectivity index (χ1v) is 6.08. The number of nitrogens with zero attached hydrogens (tertiary/aromatic N) is 5. The van der Waals surface area contributed by atoms with Gasteiger partial charge < -0.3 is 0 Å². The Morgan fingerprint density at radius 3 is 2.35 bits per heavy atom. The number of rotatable bonds is 3. The molecule has 0 amide bonds. The Hall–Kier alpha value is -2.89. The molecule has 1 aromatic heterocycles. The molecular formula is C14H11N5O. The minimum absolute atomic E-state index is 0.376. The van der Waals surface area contributed by atoms with E-state index < -0.39 is 0 Å². The molecule has 6 nitrogen and oxygen atoms in total. The monoisotopic (exact) mass is 265 g/mol. The van der Waals surface area contributed by atoms with Gasteiger partial charge in [-0.05, 0) is 28.2 Å². The fraction of sp³-hybridized carbons (Fsp3) is 0.0714. The van der Waals surface area contributed by atoms with Gasteiger partial charge in [0, 0.05) is 5.56 Å². The van der Waals surface area contributed by atoms with Crippen molar-refractivity contribution in [3.05, 3.63) is 59.0 Å². The highest BCUT2D eigenvalue weighted by molar-refractivity contribution is 5.80. The van der Waals surface area contributed by atoms with Gasteiger partial charge in [0.15, 0.2) is 0 Å². The molecule has 0 fully saturated rings. The Balaban J connectivity index is 2.12. The molecule has 0 saturated carbocycles. The maximum atomic E-state index is 10.4. The molecule has 0 spiro atoms. The van der Waals surface area contributed by atoms with Gasteiger partial charge in [-0.1, -0.05) is 54.1 Å². The standard InChI is InChI=1S/C14H11N5O/c1-10-6-8-11(9-7-10)12-4-2-3-5-13(12)14-15-17-19(16-14)18-20/h2-9H,1H3. The van der Waals surface area contributed by atoms with Crippen molar-refractivity contribution in [1.82, 2.24) is 20.3 Å². The van der Waals surface area contributed by atoms with Crippen LogP contribution in [0, 0.1) is 11.8 Å². The van der Waals surface area contributed by atoms with Gasteiger partial charge in [-0.2, -0.15) is 0 Å². The van der Waals surface area contributed by atoms with Crippen LogP contribution in [-0.2, 0) is 0 Å². The maximum absolute atomic E-state index is 10.4. The molecule has 3 aromatic rings. The van der Waals surface area contributed by atoms with Crippen LogP contribution in [-0.4, -0.2) is 20.3 Å². The van der Waals surface area contributed by atoms with Crippen molar-refractivity contribution < 1.29 is 0 Å². The second kappa shape index (κ2) is 5.00. The van der Waals surface area contributed by atoms with Crippen LogP contribution in [0.5, 0.6) is 0 Å². The van der Waals surface area contributed by atoms with Crippen LogP contribution >= 0.6 is 0 Å². The zero-order valence-electron chi connectivity index (χ0n) is 10.8. The van der Waals surface area contributed by atoms with Crippen LogP contribution in [0.3, 0.4) is 0 Å². The van der Waals surface area contributed by atoms with Gasteiger partial charge in [0.25, 0.3) is 0 Å². The van der Waals surface area contributed by atoms with Crippen molar-refractivity contribution in [3.8, 4) is 22.5 Å². The van der Waals surface area contributed by atoms with E-state index in [0.29, 0.717) is 10.7 Å². The number of hydrogen-bond acceptors (Lipinski definition) is 5. The normalized spacial score (nSPS) is 10.4. The first-order valence-electron chi connectivity index (χ1n) is 6.08. The molecule has 0 aliphatic rings. The van der Waals surface area contributed by atoms with Crippen molar-refractivity contribution in [1.29, 1.82) is 0 Å². The van der Waals surface area contributed by atoms with Crippen LogP contribution in [0.15, 0.2) is 53.8 Å². The third-order valence-corrected chi connectivity index (χ3v) is 3.01. The summed E-state index contributed by atoms with van der Waals surface area (Å²) < 4.78 is 0. The second-order valence-electron chi connectivity index (χ2n) is 4.37. The summed E-state index contributed by atoms with van der Waals surface area (Å²) in [5, 5.41) is 13.9. The van der Waals surface area contributed by atoms with E-state index in [1.165, 1.54) is 5.56 Å². The lowest BCUT2D eigenvalue weighted by molar-refractivity contribution is 0.605. The van der Waals surface area contributed by atoms with Gasteiger partial charge in [-0.25, -0.2) is 0 Å². The summed E-state index contributed by atoms with van der Waals surface area (Å²) >= 11 is 0. The number of hydrogen-bond donors (Lipinski definition) is 0. The molecule has 3 rings (SSSR count). The Kier molecular flexibility index (Phi) is 3.04. The van der Waals surface area contributed by atoms with E-state index in [-0.39, 0.29) is 0 Å². The minimum atomic E-state index is 0.376. The lowest BCUT2D eigenvalue weighted by Crippen LogP contribution is -1.91. The van der Waals surface area contributed by atoms with E-state index in [1.807, 2.05) is 55.5 Å². The van der Waals surface area contributed by atoms with Crippen LogP contribution in [0.4, 0.5) is 0 Å². The molecule has 6 heteroatoms. The zero-order chi connectivity index (χ0) is 13.9. The summed E-state index contributed by atoms with van der Waals surface area (Å²) in [7, 11) is 0. The zero-order valence-corrected chi connectivity index (χ0v) is 10.8. The molecule has 0 bridgehead atoms. The summed E-state index contributed by atoms with van der Waals surface area (Å²) in [6.45, 7) is 2.04. The number of aromatic nitrogens is 4. The number of nitroso groups, excluding NO2 is 1. The first kappa shape index (κ1) is 12.2. The topological polar surface area (TPSA) is 73.0 Å². The fourth-order valence-electron chi connectivity index (χ4n) is 2.01. The highest BCUT2D eigenvalue weighted by Crippen LogP contribution is 2.29. The third-order valence-electron chi connectivity index (χ3n) is 3.01. The van der Waals surface area contributed by atoms with E-state index in [0.717, 1.165) is 16.7 Å². The van der Waals surface area contributed by atoms with Crippen LogP contribution in [0.2, 0.25) is 0 Å². The Bertz CT molecular complexity index is 748. The molecule has 0 radical (unpaired) electrons. The number of aryl methyl sites for hydroxylation is 1. The van der Waals surface area contributed by atoms with Gasteiger partial charge in [0.1, 0.15) is 5.29 Å². The van der Waals surface area contributed by atoms with Crippen LogP contribution in [0.25, 0.3) is 22.5 Å². The summed E-state index contributed by atoms with van der Waals surface area (Å²) in [5.41, 5.74) is 4.05. The van der Waals surface area contributed by atoms with E-state index >= 15 is 0 Å². The quantitative estimate of drug-likeness (QED) is 0.682. The van der Waals surface area contributed by atoms with E-state index in [9.17, 15) is 4.91 Å². The van der Waals surface area contributed by atoms with Crippen molar-refractivity contribution in [2.75, 3.05) is 0 Å². The lowest BCUT2D eigenvalue weighted by Gasteiger charge is -2.06. The molecule has 20 heavy (non-hydrogen) atoms. The van der Waals surface area contributed by atoms with E-state index in [2.05, 4.69) is 20.7 Å². The van der Waals surface area contributed by atoms with Crippen molar-refractivity contribution >= 4 is 0 Å². The molecule has 2 aromatic carbocycles. The summed E-state index contributed by atoms with van der Waals surface area (Å²) in [5.74, 6) is 0.376. The molecule has 0 unspecified atom stereocenters. The summed E-state index contributed by atoms with van der Waals surface area (Å²) in [4.78, 5) is 11.1. The largest absolute Gasteiger partial charge is 0.207 e. The number of tetrazole rings is 1. The Morgan fingerprint density at radius 1 is 1.00 bits per heavy atom. The molecule has 98 valence electrons. The molecular weight excluding hydrogens is 254 g/mol. The van der Waals surface area contributed by atoms with Crippen LogP contribution in [0.1, 0.15) is 5.56 Å². The number of benzene rings is 2. The van der Waals surface area contributed by atoms with Crippen molar-refractivity contribution in [2.45, 2.75) is 6.92 Å². The molecule has 0 N–H and O–H groups in total. The average Bonchev–Trinajstić information content (AvgIpc) is 2.97. The SMILES string of the molecule is Cc1ccc(-c2ccccc2-c2nnn(N=O)n2)cc1. The second-order valence-corrected chi connectivity index (χ2v) is 4.37. The van der Waals surface area contributed by atoms with Gasteiger partial charge in [0.05, 0.1) is 0 Å². The molecule has 0 atom stereocenters. The Morgan fingerprint density at radius 2 is 1.70 bits per heavy atom. The lowest BCUT2D eigenvalue weighted by atomic mass is 9.98. The first-order chi connectivity index (χ1) is 9.78. The molecule has 0 saturated heterocycles. The average molecular weight is 265 g/mol. The Labute approximate surface area is 115 Å². The van der Waals surface area contributed by atoms with Gasteiger partial charge in [-0.15, -0.1) is 15.1 Å². The third kappa shape index (κ3) is 2.18. The predicted molar refractivity (Wildman–Crippen MR) is 74.6 cm³/mol. The molecule has 0 aliphatic carbocycles. The maximum Gasteiger partial charge on any atom is 0.207 e. The summed E-state index contributed by atoms with van der Waals surface area (Å²) in [6, 6.07) is 15.9. The molecule has 1 heterocycles. The fourth-order valence-corrected chi connectivity index (χ4v) is 2.01. The predicted octanol–water partition coefficient (Wildman–Crippen LogP) is 2.85. The van der Waals surface area contributed by atoms with E-state index in [4.69, 9.17) is 0 Å². The van der Waals surface area contributed by atoms with Crippen LogP contribution < -0.4 is 0 Å². The smallest absolute Gasteiger partial charge is 0.121 e. The van der Waals surface area contributed by atoms with E-state index in [1.54, 1.807) is 0 Å². The minimum Gasteiger partial charge on any atom is -0.121 e. The highest BCUT2D eigenvalue weighted by Gasteiger charge is 2.12. The summed E-state index contributed by atoms with van der Waals surface area (Å²) in [6.07, 6.45) is 0. The highest BCUT2D eigenvalue weighted by atomic mass is 16.3. The van der Waals surface area contributed by atoms with Gasteiger partial charge in [-0.3, -0.25) is 0 Å². The molecule has 0 aliphatic heterocycles.